The highest BCUT2D eigenvalue weighted by Crippen LogP contribution is 2.11. The lowest BCUT2D eigenvalue weighted by molar-refractivity contribution is -0.150. The Kier molecular flexibility index (Phi) is 6.17. The van der Waals surface area contributed by atoms with E-state index in [1.807, 2.05) is 13.8 Å². The fourth-order valence-corrected chi connectivity index (χ4v) is 1.93. The maximum Gasteiger partial charge on any atom is 0.170 e. The number of likely N-dealkylation sites (tertiary alicyclic amines) is 1. The van der Waals surface area contributed by atoms with Gasteiger partial charge in [0.05, 0.1) is 6.10 Å². The third kappa shape index (κ3) is 4.93. The minimum atomic E-state index is -0.178. The average molecular weight is 217 g/mol. The van der Waals surface area contributed by atoms with E-state index >= 15 is 0 Å². The van der Waals surface area contributed by atoms with E-state index in [1.165, 1.54) is 0 Å². The summed E-state index contributed by atoms with van der Waals surface area (Å²) in [4.78, 5) is 2.21. The van der Waals surface area contributed by atoms with Gasteiger partial charge in [0.2, 0.25) is 0 Å². The molecule has 0 radical (unpaired) electrons. The van der Waals surface area contributed by atoms with Crippen LogP contribution in [0.15, 0.2) is 0 Å². The monoisotopic (exact) mass is 217 g/mol. The Hall–Kier alpha value is -0.160. The van der Waals surface area contributed by atoms with Gasteiger partial charge in [-0.05, 0) is 33.2 Å². The van der Waals surface area contributed by atoms with Crippen LogP contribution in [0.1, 0.15) is 26.7 Å². The SMILES string of the molecule is CCOC(CN1CCC[C@H](O)C1)OCC. The number of aliphatic hydroxyl groups excluding tert-OH is 1. The van der Waals surface area contributed by atoms with E-state index < -0.39 is 0 Å². The van der Waals surface area contributed by atoms with Crippen molar-refractivity contribution in [3.8, 4) is 0 Å². The molecular weight excluding hydrogens is 194 g/mol. The predicted molar refractivity (Wildman–Crippen MR) is 58.7 cm³/mol. The van der Waals surface area contributed by atoms with Crippen molar-refractivity contribution >= 4 is 0 Å². The van der Waals surface area contributed by atoms with Gasteiger partial charge in [0, 0.05) is 26.3 Å². The summed E-state index contributed by atoms with van der Waals surface area (Å²) in [6.07, 6.45) is 1.66. The van der Waals surface area contributed by atoms with E-state index in [-0.39, 0.29) is 12.4 Å². The maximum absolute atomic E-state index is 9.53. The molecule has 15 heavy (non-hydrogen) atoms. The number of hydrogen-bond donors (Lipinski definition) is 1. The molecule has 4 heteroatoms. The number of piperidine rings is 1. The molecule has 1 saturated heterocycles. The lowest BCUT2D eigenvalue weighted by atomic mass is 10.1. The summed E-state index contributed by atoms with van der Waals surface area (Å²) in [7, 11) is 0. The molecule has 90 valence electrons. The van der Waals surface area contributed by atoms with Crippen LogP contribution in [0.2, 0.25) is 0 Å². The van der Waals surface area contributed by atoms with Crippen LogP contribution in [-0.4, -0.2) is 55.2 Å². The fraction of sp³-hybridized carbons (Fsp3) is 1.00. The second-order valence-electron chi connectivity index (χ2n) is 3.90. The second-order valence-corrected chi connectivity index (χ2v) is 3.90. The zero-order chi connectivity index (χ0) is 11.1. The summed E-state index contributed by atoms with van der Waals surface area (Å²) < 4.78 is 10.9. The molecule has 0 amide bonds. The van der Waals surface area contributed by atoms with E-state index in [9.17, 15) is 5.11 Å². The van der Waals surface area contributed by atoms with Crippen molar-refractivity contribution in [3.05, 3.63) is 0 Å². The van der Waals surface area contributed by atoms with E-state index in [0.717, 1.165) is 32.5 Å². The van der Waals surface area contributed by atoms with Crippen LogP contribution < -0.4 is 0 Å². The Morgan fingerprint density at radius 3 is 2.53 bits per heavy atom. The third-order valence-corrected chi connectivity index (χ3v) is 2.59. The van der Waals surface area contributed by atoms with Gasteiger partial charge in [0.25, 0.3) is 0 Å². The Morgan fingerprint density at radius 1 is 1.33 bits per heavy atom. The highest BCUT2D eigenvalue weighted by Gasteiger charge is 2.21. The highest BCUT2D eigenvalue weighted by atomic mass is 16.7. The summed E-state index contributed by atoms with van der Waals surface area (Å²) in [5, 5.41) is 9.53. The molecule has 0 bridgehead atoms. The minimum Gasteiger partial charge on any atom is -0.392 e. The molecule has 0 aromatic carbocycles. The topological polar surface area (TPSA) is 41.9 Å². The molecule has 1 N–H and O–H groups in total. The Labute approximate surface area is 92.2 Å². The van der Waals surface area contributed by atoms with Gasteiger partial charge in [-0.1, -0.05) is 0 Å². The van der Waals surface area contributed by atoms with Crippen molar-refractivity contribution in [1.29, 1.82) is 0 Å². The van der Waals surface area contributed by atoms with Gasteiger partial charge in [0.15, 0.2) is 6.29 Å². The molecule has 1 atom stereocenters. The zero-order valence-corrected chi connectivity index (χ0v) is 9.82. The lowest BCUT2D eigenvalue weighted by Gasteiger charge is -2.32. The number of hydrogen-bond acceptors (Lipinski definition) is 4. The first-order valence-corrected chi connectivity index (χ1v) is 5.89. The number of β-amino-alcohol motifs (C(OH)–C–C–N with tert-alkyl or cyclic N) is 1. The van der Waals surface area contributed by atoms with Crippen LogP contribution >= 0.6 is 0 Å². The summed E-state index contributed by atoms with van der Waals surface area (Å²) >= 11 is 0. The first-order valence-electron chi connectivity index (χ1n) is 5.89. The van der Waals surface area contributed by atoms with Crippen molar-refractivity contribution in [2.45, 2.75) is 39.1 Å². The van der Waals surface area contributed by atoms with Crippen LogP contribution in [0.3, 0.4) is 0 Å². The first-order chi connectivity index (χ1) is 7.26. The van der Waals surface area contributed by atoms with Crippen LogP contribution in [-0.2, 0) is 9.47 Å². The molecule has 0 unspecified atom stereocenters. The second kappa shape index (κ2) is 7.17. The summed E-state index contributed by atoms with van der Waals surface area (Å²) in [6, 6.07) is 0. The van der Waals surface area contributed by atoms with Gasteiger partial charge in [0.1, 0.15) is 0 Å². The zero-order valence-electron chi connectivity index (χ0n) is 9.82. The molecule has 1 rings (SSSR count). The molecule has 0 aromatic rings. The van der Waals surface area contributed by atoms with Gasteiger partial charge in [-0.25, -0.2) is 0 Å². The third-order valence-electron chi connectivity index (χ3n) is 2.59. The number of aliphatic hydroxyl groups is 1. The van der Waals surface area contributed by atoms with E-state index in [0.29, 0.717) is 13.2 Å². The average Bonchev–Trinajstić information content (AvgIpc) is 2.18. The van der Waals surface area contributed by atoms with E-state index in [2.05, 4.69) is 4.90 Å². The Morgan fingerprint density at radius 2 is 2.00 bits per heavy atom. The lowest BCUT2D eigenvalue weighted by Crippen LogP contribution is -2.43. The molecule has 0 aromatic heterocycles. The van der Waals surface area contributed by atoms with Crippen LogP contribution in [0.25, 0.3) is 0 Å². The van der Waals surface area contributed by atoms with Gasteiger partial charge in [-0.3, -0.25) is 4.90 Å². The molecule has 1 aliphatic rings. The van der Waals surface area contributed by atoms with Crippen molar-refractivity contribution < 1.29 is 14.6 Å². The normalized spacial score (nSPS) is 23.6. The Bertz CT molecular complexity index is 157. The summed E-state index contributed by atoms with van der Waals surface area (Å²) in [6.45, 7) is 7.82. The van der Waals surface area contributed by atoms with Gasteiger partial charge in [-0.2, -0.15) is 0 Å². The van der Waals surface area contributed by atoms with Crippen LogP contribution in [0.4, 0.5) is 0 Å². The summed E-state index contributed by atoms with van der Waals surface area (Å²) in [5.41, 5.74) is 0. The number of ether oxygens (including phenoxy) is 2. The van der Waals surface area contributed by atoms with E-state index in [4.69, 9.17) is 9.47 Å². The van der Waals surface area contributed by atoms with E-state index in [1.54, 1.807) is 0 Å². The van der Waals surface area contributed by atoms with Crippen molar-refractivity contribution in [3.63, 3.8) is 0 Å². The Balaban J connectivity index is 2.28. The number of rotatable bonds is 6. The largest absolute Gasteiger partial charge is 0.392 e. The predicted octanol–water partition coefficient (Wildman–Crippen LogP) is 0.842. The fourth-order valence-electron chi connectivity index (χ4n) is 1.93. The van der Waals surface area contributed by atoms with Crippen LogP contribution in [0, 0.1) is 0 Å². The molecular formula is C11H23NO3. The molecule has 0 aliphatic carbocycles. The number of nitrogens with zero attached hydrogens (tertiary/aromatic N) is 1. The standard InChI is InChI=1S/C11H23NO3/c1-3-14-11(15-4-2)9-12-7-5-6-10(13)8-12/h10-11,13H,3-9H2,1-2H3/t10-/m0/s1. The van der Waals surface area contributed by atoms with Crippen molar-refractivity contribution in [2.24, 2.45) is 0 Å². The molecule has 0 spiro atoms. The van der Waals surface area contributed by atoms with Crippen molar-refractivity contribution in [2.75, 3.05) is 32.8 Å². The van der Waals surface area contributed by atoms with Crippen LogP contribution in [0.5, 0.6) is 0 Å². The maximum atomic E-state index is 9.53. The molecule has 1 fully saturated rings. The molecule has 1 aliphatic heterocycles. The minimum absolute atomic E-state index is 0.148. The quantitative estimate of drug-likeness (QED) is 0.670. The molecule has 1 heterocycles. The van der Waals surface area contributed by atoms with Crippen molar-refractivity contribution in [1.82, 2.24) is 4.90 Å². The van der Waals surface area contributed by atoms with Gasteiger partial charge in [-0.15, -0.1) is 0 Å². The first kappa shape index (κ1) is 12.9. The molecule has 4 nitrogen and oxygen atoms in total. The molecule has 0 saturated carbocycles. The highest BCUT2D eigenvalue weighted by molar-refractivity contribution is 4.72. The van der Waals surface area contributed by atoms with Gasteiger partial charge >= 0.3 is 0 Å². The summed E-state index contributed by atoms with van der Waals surface area (Å²) in [5.74, 6) is 0. The smallest absolute Gasteiger partial charge is 0.170 e. The van der Waals surface area contributed by atoms with Gasteiger partial charge < -0.3 is 14.6 Å².